The highest BCUT2D eigenvalue weighted by Gasteiger charge is 2.26. The molecule has 226 valence electrons. The minimum absolute atomic E-state index is 0.0488. The molecule has 1 unspecified atom stereocenters. The third-order valence-corrected chi connectivity index (χ3v) is 8.58. The topological polar surface area (TPSA) is 115 Å². The average Bonchev–Trinajstić information content (AvgIpc) is 3.34. The quantitative estimate of drug-likeness (QED) is 0.243. The van der Waals surface area contributed by atoms with Crippen LogP contribution >= 0.6 is 0 Å². The lowest BCUT2D eigenvalue weighted by atomic mass is 9.93. The number of pyridine rings is 1. The van der Waals surface area contributed by atoms with E-state index >= 15 is 0 Å². The van der Waals surface area contributed by atoms with Crippen LogP contribution in [0.15, 0.2) is 54.7 Å². The van der Waals surface area contributed by atoms with Gasteiger partial charge in [-0.05, 0) is 69.6 Å². The van der Waals surface area contributed by atoms with Crippen molar-refractivity contribution in [3.05, 3.63) is 88.9 Å². The zero-order valence-corrected chi connectivity index (χ0v) is 24.4. The van der Waals surface area contributed by atoms with Gasteiger partial charge in [-0.25, -0.2) is 24.1 Å². The number of imidazole rings is 1. The molecule has 11 heteroatoms. The standard InChI is InChI=1S/C33H33FN6O4/c1-20-16-35-28-15-25(34)23(13-29(28)36-20)19-44-32-4-2-3-26(38-32)21-7-10-39(11-8-21)18-31-37-27-6-5-22(33(41)42)14-30(27)40(31)17-24-9-12-43-24/h2-6,13-16,21,24H,7-12,17-19H2,1H3,(H,41,42). The van der Waals surface area contributed by atoms with Gasteiger partial charge in [0, 0.05) is 42.1 Å². The molecule has 0 aliphatic carbocycles. The highest BCUT2D eigenvalue weighted by atomic mass is 19.1. The summed E-state index contributed by atoms with van der Waals surface area (Å²) in [4.78, 5) is 32.4. The van der Waals surface area contributed by atoms with Crippen molar-refractivity contribution >= 4 is 28.0 Å². The second kappa shape index (κ2) is 11.9. The van der Waals surface area contributed by atoms with Gasteiger partial charge in [-0.3, -0.25) is 9.88 Å². The van der Waals surface area contributed by atoms with Gasteiger partial charge in [0.15, 0.2) is 0 Å². The van der Waals surface area contributed by atoms with Crippen molar-refractivity contribution in [1.29, 1.82) is 0 Å². The molecule has 2 aromatic carbocycles. The number of benzene rings is 2. The number of aromatic nitrogens is 5. The second-order valence-electron chi connectivity index (χ2n) is 11.6. The Kier molecular flexibility index (Phi) is 7.65. The fourth-order valence-corrected chi connectivity index (χ4v) is 6.02. The summed E-state index contributed by atoms with van der Waals surface area (Å²) in [6.07, 6.45) is 4.61. The van der Waals surface area contributed by atoms with Crippen molar-refractivity contribution in [2.24, 2.45) is 0 Å². The van der Waals surface area contributed by atoms with Gasteiger partial charge < -0.3 is 19.1 Å². The molecule has 1 atom stereocenters. The van der Waals surface area contributed by atoms with E-state index in [4.69, 9.17) is 19.4 Å². The van der Waals surface area contributed by atoms with Crippen LogP contribution in [0.3, 0.4) is 0 Å². The van der Waals surface area contributed by atoms with Crippen molar-refractivity contribution in [2.75, 3.05) is 19.7 Å². The first-order chi connectivity index (χ1) is 21.4. The monoisotopic (exact) mass is 596 g/mol. The predicted octanol–water partition coefficient (Wildman–Crippen LogP) is 5.27. The molecule has 44 heavy (non-hydrogen) atoms. The van der Waals surface area contributed by atoms with E-state index in [1.807, 2.05) is 19.1 Å². The van der Waals surface area contributed by atoms with Gasteiger partial charge in [-0.2, -0.15) is 0 Å². The molecule has 0 radical (unpaired) electrons. The largest absolute Gasteiger partial charge is 0.478 e. The zero-order valence-electron chi connectivity index (χ0n) is 24.4. The molecular weight excluding hydrogens is 563 g/mol. The van der Waals surface area contributed by atoms with E-state index in [9.17, 15) is 14.3 Å². The number of rotatable bonds is 9. The summed E-state index contributed by atoms with van der Waals surface area (Å²) in [5, 5.41) is 9.52. The molecule has 7 rings (SSSR count). The maximum Gasteiger partial charge on any atom is 0.335 e. The van der Waals surface area contributed by atoms with Gasteiger partial charge in [-0.15, -0.1) is 0 Å². The predicted molar refractivity (Wildman–Crippen MR) is 161 cm³/mol. The zero-order chi connectivity index (χ0) is 30.2. The van der Waals surface area contributed by atoms with Crippen LogP contribution in [0.2, 0.25) is 0 Å². The summed E-state index contributed by atoms with van der Waals surface area (Å²) in [5.41, 5.74) is 5.18. The number of aryl methyl sites for hydroxylation is 1. The number of aromatic carboxylic acids is 1. The van der Waals surface area contributed by atoms with Crippen molar-refractivity contribution < 1.29 is 23.8 Å². The third-order valence-electron chi connectivity index (χ3n) is 8.58. The Labute approximate surface area is 253 Å². The SMILES string of the molecule is Cc1cnc2cc(F)c(COc3cccc(C4CCN(Cc5nc6ccc(C(=O)O)cc6n5CC5CCO5)CC4)n3)cc2n1. The Hall–Kier alpha value is -4.48. The lowest BCUT2D eigenvalue weighted by molar-refractivity contribution is -0.0592. The molecule has 0 spiro atoms. The fraction of sp³-hybridized carbons (Fsp3) is 0.364. The van der Waals surface area contributed by atoms with E-state index in [2.05, 4.69) is 19.4 Å². The van der Waals surface area contributed by atoms with Gasteiger partial charge in [0.1, 0.15) is 18.2 Å². The number of halogens is 1. The third kappa shape index (κ3) is 5.85. The van der Waals surface area contributed by atoms with Crippen LogP contribution in [0, 0.1) is 12.7 Å². The summed E-state index contributed by atoms with van der Waals surface area (Å²) >= 11 is 0. The van der Waals surface area contributed by atoms with Crippen molar-refractivity contribution in [1.82, 2.24) is 29.4 Å². The van der Waals surface area contributed by atoms with Gasteiger partial charge in [0.05, 0.1) is 52.5 Å². The molecule has 5 heterocycles. The van der Waals surface area contributed by atoms with Crippen molar-refractivity contribution in [3.63, 3.8) is 0 Å². The number of carboxylic acid groups (broad SMARTS) is 1. The van der Waals surface area contributed by atoms with E-state index in [0.717, 1.165) is 67.2 Å². The molecule has 2 aliphatic rings. The first-order valence-electron chi connectivity index (χ1n) is 15.0. The lowest BCUT2D eigenvalue weighted by Gasteiger charge is -2.32. The molecule has 0 saturated carbocycles. The molecular formula is C33H33FN6O4. The summed E-state index contributed by atoms with van der Waals surface area (Å²) in [6.45, 7) is 5.76. The van der Waals surface area contributed by atoms with Crippen LogP contribution in [-0.2, 0) is 24.4 Å². The molecule has 10 nitrogen and oxygen atoms in total. The summed E-state index contributed by atoms with van der Waals surface area (Å²) in [6, 6.07) is 13.9. The maximum absolute atomic E-state index is 14.7. The van der Waals surface area contributed by atoms with Crippen LogP contribution < -0.4 is 4.74 Å². The van der Waals surface area contributed by atoms with E-state index in [-0.39, 0.29) is 30.0 Å². The number of likely N-dealkylation sites (tertiary alicyclic amines) is 1. The minimum Gasteiger partial charge on any atom is -0.478 e. The van der Waals surface area contributed by atoms with Gasteiger partial charge in [0.25, 0.3) is 0 Å². The van der Waals surface area contributed by atoms with Crippen molar-refractivity contribution in [3.8, 4) is 5.88 Å². The highest BCUT2D eigenvalue weighted by molar-refractivity contribution is 5.92. The van der Waals surface area contributed by atoms with E-state index < -0.39 is 5.97 Å². The molecule has 0 bridgehead atoms. The van der Waals surface area contributed by atoms with E-state index in [1.165, 1.54) is 6.07 Å². The van der Waals surface area contributed by atoms with E-state index in [1.54, 1.807) is 36.5 Å². The Morgan fingerprint density at radius 3 is 2.66 bits per heavy atom. The van der Waals surface area contributed by atoms with Gasteiger partial charge in [-0.1, -0.05) is 6.07 Å². The number of hydrogen-bond acceptors (Lipinski definition) is 8. The lowest BCUT2D eigenvalue weighted by Crippen LogP contribution is -2.35. The molecule has 2 aliphatic heterocycles. The van der Waals surface area contributed by atoms with E-state index in [0.29, 0.717) is 35.6 Å². The number of ether oxygens (including phenoxy) is 2. The number of carboxylic acids is 1. The van der Waals surface area contributed by atoms with Crippen LogP contribution in [0.25, 0.3) is 22.1 Å². The Balaban J connectivity index is 1.01. The molecule has 0 amide bonds. The normalized spacial score (nSPS) is 17.6. The number of hydrogen-bond donors (Lipinski definition) is 1. The average molecular weight is 597 g/mol. The number of nitrogens with zero attached hydrogens (tertiary/aromatic N) is 6. The number of piperidine rings is 1. The minimum atomic E-state index is -0.947. The Morgan fingerprint density at radius 1 is 1.05 bits per heavy atom. The van der Waals surface area contributed by atoms with Crippen LogP contribution in [0.1, 0.15) is 58.3 Å². The number of fused-ring (bicyclic) bond motifs is 2. The fourth-order valence-electron chi connectivity index (χ4n) is 6.02. The molecule has 1 N–H and O–H groups in total. The van der Waals surface area contributed by atoms with Gasteiger partial charge >= 0.3 is 5.97 Å². The van der Waals surface area contributed by atoms with Crippen LogP contribution in [0.5, 0.6) is 5.88 Å². The molecule has 5 aromatic rings. The second-order valence-corrected chi connectivity index (χ2v) is 11.6. The smallest absolute Gasteiger partial charge is 0.335 e. The van der Waals surface area contributed by atoms with Crippen LogP contribution in [0.4, 0.5) is 4.39 Å². The van der Waals surface area contributed by atoms with Crippen LogP contribution in [-0.4, -0.2) is 66.3 Å². The van der Waals surface area contributed by atoms with Crippen molar-refractivity contribution in [2.45, 2.75) is 57.9 Å². The highest BCUT2D eigenvalue weighted by Crippen LogP contribution is 2.30. The summed E-state index contributed by atoms with van der Waals surface area (Å²) in [7, 11) is 0. The Morgan fingerprint density at radius 2 is 1.89 bits per heavy atom. The first kappa shape index (κ1) is 28.3. The van der Waals surface area contributed by atoms with Gasteiger partial charge in [0.2, 0.25) is 5.88 Å². The summed E-state index contributed by atoms with van der Waals surface area (Å²) in [5.74, 6) is 0.345. The molecule has 2 fully saturated rings. The number of carbonyl (C=O) groups is 1. The molecule has 2 saturated heterocycles. The summed E-state index contributed by atoms with van der Waals surface area (Å²) < 4.78 is 28.5. The Bertz CT molecular complexity index is 1850. The first-order valence-corrected chi connectivity index (χ1v) is 15.0. The molecule has 3 aromatic heterocycles. The maximum atomic E-state index is 14.7.